The summed E-state index contributed by atoms with van der Waals surface area (Å²) in [6, 6.07) is 5.75. The van der Waals surface area contributed by atoms with E-state index in [0.29, 0.717) is 11.3 Å². The van der Waals surface area contributed by atoms with Crippen LogP contribution in [0.3, 0.4) is 0 Å². The molecule has 1 atom stereocenters. The Bertz CT molecular complexity index is 652. The van der Waals surface area contributed by atoms with E-state index in [1.165, 1.54) is 12.1 Å². The Hall–Kier alpha value is -1.61. The molecule has 0 saturated carbocycles. The molecule has 2 nitrogen and oxygen atoms in total. The van der Waals surface area contributed by atoms with Crippen LogP contribution in [0.1, 0.15) is 24.1 Å². The number of thiol groups is 1. The number of halogens is 3. The van der Waals surface area contributed by atoms with Gasteiger partial charge in [0.15, 0.2) is 0 Å². The molecule has 2 rings (SSSR count). The Morgan fingerprint density at radius 3 is 2.58 bits per heavy atom. The van der Waals surface area contributed by atoms with Gasteiger partial charge in [-0.1, -0.05) is 0 Å². The molecule has 6 heteroatoms. The smallest absolute Gasteiger partial charge is 0.344 e. The molecule has 2 aromatic rings. The van der Waals surface area contributed by atoms with E-state index in [1.54, 1.807) is 22.9 Å². The Morgan fingerprint density at radius 1 is 1.37 bits per heavy atom. The molecule has 0 bridgehead atoms. The first-order valence-corrected chi connectivity index (χ1v) is 6.25. The maximum absolute atomic E-state index is 13.1. The van der Waals surface area contributed by atoms with Gasteiger partial charge < -0.3 is 4.57 Å². The zero-order chi connectivity index (χ0) is 14.2. The Balaban J connectivity index is 2.79. The third-order valence-electron chi connectivity index (χ3n) is 3.05. The van der Waals surface area contributed by atoms with Crippen LogP contribution in [-0.2, 0) is 6.18 Å². The number of nitriles is 1. The highest BCUT2D eigenvalue weighted by molar-refractivity contribution is 7.80. The van der Waals surface area contributed by atoms with Gasteiger partial charge in [-0.25, -0.2) is 0 Å². The molecule has 0 amide bonds. The third kappa shape index (κ3) is 2.30. The summed E-state index contributed by atoms with van der Waals surface area (Å²) in [5.41, 5.74) is -0.748. The molecule has 1 unspecified atom stereocenters. The largest absolute Gasteiger partial charge is 0.418 e. The minimum Gasteiger partial charge on any atom is -0.344 e. The van der Waals surface area contributed by atoms with Crippen LogP contribution in [0.4, 0.5) is 13.2 Å². The number of fused-ring (bicyclic) bond motifs is 1. The van der Waals surface area contributed by atoms with Crippen LogP contribution in [0.25, 0.3) is 10.9 Å². The lowest BCUT2D eigenvalue weighted by Crippen LogP contribution is -2.09. The first-order chi connectivity index (χ1) is 8.90. The summed E-state index contributed by atoms with van der Waals surface area (Å²) >= 11 is 4.15. The number of hydrogen-bond acceptors (Lipinski definition) is 2. The monoisotopic (exact) mass is 284 g/mol. The summed E-state index contributed by atoms with van der Waals surface area (Å²) in [4.78, 5) is 0. The molecule has 0 saturated heterocycles. The maximum Gasteiger partial charge on any atom is 0.418 e. The molecule has 0 spiro atoms. The molecule has 1 aromatic carbocycles. The number of benzene rings is 1. The van der Waals surface area contributed by atoms with E-state index < -0.39 is 11.7 Å². The van der Waals surface area contributed by atoms with Crippen LogP contribution in [0, 0.1) is 11.3 Å². The van der Waals surface area contributed by atoms with E-state index in [1.807, 2.05) is 6.92 Å². The molecule has 0 N–H and O–H groups in total. The van der Waals surface area contributed by atoms with Gasteiger partial charge in [0.25, 0.3) is 0 Å². The van der Waals surface area contributed by atoms with Crippen molar-refractivity contribution in [1.29, 1.82) is 5.26 Å². The highest BCUT2D eigenvalue weighted by atomic mass is 32.1. The van der Waals surface area contributed by atoms with Crippen molar-refractivity contribution in [2.45, 2.75) is 19.1 Å². The van der Waals surface area contributed by atoms with Gasteiger partial charge >= 0.3 is 6.18 Å². The third-order valence-corrected chi connectivity index (χ3v) is 3.57. The summed E-state index contributed by atoms with van der Waals surface area (Å²) in [5, 5.41) is 8.89. The number of alkyl halides is 3. The Kier molecular flexibility index (Phi) is 3.50. The molecular formula is C13H11F3N2S. The van der Waals surface area contributed by atoms with E-state index in [2.05, 4.69) is 12.6 Å². The number of rotatable bonds is 2. The lowest BCUT2D eigenvalue weighted by molar-refractivity contribution is -0.136. The van der Waals surface area contributed by atoms with Crippen LogP contribution in [0.2, 0.25) is 0 Å². The van der Waals surface area contributed by atoms with Crippen LogP contribution >= 0.6 is 12.6 Å². The normalized spacial score (nSPS) is 13.5. The lowest BCUT2D eigenvalue weighted by atomic mass is 10.0. The van der Waals surface area contributed by atoms with Gasteiger partial charge in [0.2, 0.25) is 0 Å². The molecule has 0 radical (unpaired) electrons. The predicted molar refractivity (Wildman–Crippen MR) is 70.2 cm³/mol. The maximum atomic E-state index is 13.1. The van der Waals surface area contributed by atoms with Gasteiger partial charge in [0, 0.05) is 28.9 Å². The van der Waals surface area contributed by atoms with E-state index in [9.17, 15) is 13.2 Å². The zero-order valence-corrected chi connectivity index (χ0v) is 11.0. The molecule has 1 aromatic heterocycles. The molecular weight excluding hydrogens is 273 g/mol. The summed E-state index contributed by atoms with van der Waals surface area (Å²) in [5.74, 6) is 0.519. The molecule has 1 heterocycles. The van der Waals surface area contributed by atoms with Gasteiger partial charge in [-0.05, 0) is 25.1 Å². The highest BCUT2D eigenvalue weighted by Gasteiger charge is 2.36. The van der Waals surface area contributed by atoms with Crippen LogP contribution in [0.15, 0.2) is 24.4 Å². The van der Waals surface area contributed by atoms with E-state index >= 15 is 0 Å². The second-order valence-electron chi connectivity index (χ2n) is 4.29. The number of nitrogens with zero attached hydrogens (tertiary/aromatic N) is 2. The van der Waals surface area contributed by atoms with Crippen LogP contribution < -0.4 is 0 Å². The van der Waals surface area contributed by atoms with E-state index in [4.69, 9.17) is 5.26 Å². The summed E-state index contributed by atoms with van der Waals surface area (Å²) in [7, 11) is 0. The number of hydrogen-bond donors (Lipinski definition) is 1. The van der Waals surface area contributed by atoms with Crippen LogP contribution in [-0.4, -0.2) is 10.3 Å². The first-order valence-electron chi connectivity index (χ1n) is 5.62. The van der Waals surface area contributed by atoms with Gasteiger partial charge in [-0.3, -0.25) is 0 Å². The molecule has 0 aliphatic rings. The van der Waals surface area contributed by atoms with Crippen molar-refractivity contribution in [3.8, 4) is 6.07 Å². The van der Waals surface area contributed by atoms with Crippen molar-refractivity contribution in [3.05, 3.63) is 35.5 Å². The Labute approximate surface area is 113 Å². The number of aromatic nitrogens is 1. The summed E-state index contributed by atoms with van der Waals surface area (Å²) < 4.78 is 41.0. The fraction of sp³-hybridized carbons (Fsp3) is 0.308. The van der Waals surface area contributed by atoms with Gasteiger partial charge in [-0.2, -0.15) is 31.1 Å². The van der Waals surface area contributed by atoms with E-state index in [0.717, 1.165) is 0 Å². The molecule has 0 fully saturated rings. The quantitative estimate of drug-likeness (QED) is 0.829. The second kappa shape index (κ2) is 4.82. The minimum atomic E-state index is -4.54. The van der Waals surface area contributed by atoms with Crippen molar-refractivity contribution in [1.82, 2.24) is 4.57 Å². The van der Waals surface area contributed by atoms with Crippen LogP contribution in [0.5, 0.6) is 0 Å². The standard InChI is InChI=1S/C13H11F3N2S/c1-8(7-19)18-5-4-10-11(18)3-2-9(6-17)12(10)13(14,15)16/h2-5,8,19H,7H2,1H3. The van der Waals surface area contributed by atoms with Crippen molar-refractivity contribution >= 4 is 23.5 Å². The average molecular weight is 284 g/mol. The molecule has 19 heavy (non-hydrogen) atoms. The lowest BCUT2D eigenvalue weighted by Gasteiger charge is -2.14. The fourth-order valence-electron chi connectivity index (χ4n) is 2.11. The fourth-order valence-corrected chi connectivity index (χ4v) is 2.28. The van der Waals surface area contributed by atoms with E-state index in [-0.39, 0.29) is 17.0 Å². The summed E-state index contributed by atoms with van der Waals surface area (Å²) in [6.07, 6.45) is -2.94. The predicted octanol–water partition coefficient (Wildman–Crippen LogP) is 4.02. The van der Waals surface area contributed by atoms with Gasteiger partial charge in [0.1, 0.15) is 0 Å². The zero-order valence-electron chi connectivity index (χ0n) is 10.1. The van der Waals surface area contributed by atoms with Crippen molar-refractivity contribution < 1.29 is 13.2 Å². The second-order valence-corrected chi connectivity index (χ2v) is 4.65. The minimum absolute atomic E-state index is 0.0187. The Morgan fingerprint density at radius 2 is 2.05 bits per heavy atom. The topological polar surface area (TPSA) is 28.7 Å². The van der Waals surface area contributed by atoms with Crippen molar-refractivity contribution in [2.75, 3.05) is 5.75 Å². The summed E-state index contributed by atoms with van der Waals surface area (Å²) in [6.45, 7) is 1.87. The molecule has 0 aliphatic heterocycles. The molecule has 100 valence electrons. The average Bonchev–Trinajstić information content (AvgIpc) is 2.78. The van der Waals surface area contributed by atoms with Crippen molar-refractivity contribution in [2.24, 2.45) is 0 Å². The van der Waals surface area contributed by atoms with Crippen molar-refractivity contribution in [3.63, 3.8) is 0 Å². The van der Waals surface area contributed by atoms with Gasteiger partial charge in [-0.15, -0.1) is 0 Å². The first kappa shape index (κ1) is 13.8. The highest BCUT2D eigenvalue weighted by Crippen LogP contribution is 2.38. The molecule has 0 aliphatic carbocycles. The van der Waals surface area contributed by atoms with Gasteiger partial charge in [0.05, 0.1) is 17.2 Å². The SMILES string of the molecule is CC(CS)n1ccc2c(C(F)(F)F)c(C#N)ccc21.